The highest BCUT2D eigenvalue weighted by Crippen LogP contribution is 2.41. The second-order valence-corrected chi connectivity index (χ2v) is 8.01. The molecule has 0 saturated carbocycles. The Balaban J connectivity index is 1.79. The van der Waals surface area contributed by atoms with Gasteiger partial charge in [0.15, 0.2) is 0 Å². The molecule has 3 aromatic rings. The van der Waals surface area contributed by atoms with Crippen LogP contribution in [-0.2, 0) is 16.1 Å². The van der Waals surface area contributed by atoms with Crippen LogP contribution in [0.1, 0.15) is 36.8 Å². The molecule has 176 valence electrons. The molecule has 1 atom stereocenters. The average Bonchev–Trinajstić information content (AvgIpc) is 3.44. The highest BCUT2D eigenvalue weighted by atomic mass is 35.5. The van der Waals surface area contributed by atoms with Crippen LogP contribution in [0.25, 0.3) is 5.76 Å². The van der Waals surface area contributed by atoms with E-state index in [1.54, 1.807) is 30.3 Å². The minimum Gasteiger partial charge on any atom is -0.507 e. The van der Waals surface area contributed by atoms with Crippen molar-refractivity contribution in [1.82, 2.24) is 4.90 Å². The zero-order valence-electron chi connectivity index (χ0n) is 18.8. The number of hydrogen-bond acceptors (Lipinski definition) is 6. The van der Waals surface area contributed by atoms with Crippen LogP contribution in [0.3, 0.4) is 0 Å². The molecule has 1 amide bonds. The fraction of sp³-hybridized carbons (Fsp3) is 0.231. The lowest BCUT2D eigenvalue weighted by atomic mass is 9.99. The molecule has 1 aliphatic rings. The minimum atomic E-state index is -0.906. The quantitative estimate of drug-likeness (QED) is 0.265. The third kappa shape index (κ3) is 4.52. The molecular formula is C26H24ClNO6. The van der Waals surface area contributed by atoms with Crippen LogP contribution < -0.4 is 9.47 Å². The van der Waals surface area contributed by atoms with Crippen molar-refractivity contribution in [2.75, 3.05) is 13.2 Å². The summed E-state index contributed by atoms with van der Waals surface area (Å²) in [7, 11) is 0. The highest BCUT2D eigenvalue weighted by Gasteiger charge is 2.47. The van der Waals surface area contributed by atoms with Crippen LogP contribution in [0.4, 0.5) is 0 Å². The molecule has 8 heteroatoms. The van der Waals surface area contributed by atoms with Crippen LogP contribution in [0, 0.1) is 0 Å². The van der Waals surface area contributed by atoms with E-state index in [0.29, 0.717) is 41.1 Å². The molecule has 1 aliphatic heterocycles. The Morgan fingerprint density at radius 2 is 1.85 bits per heavy atom. The van der Waals surface area contributed by atoms with Gasteiger partial charge in [-0.25, -0.2) is 0 Å². The molecule has 1 aromatic heterocycles. The Kier molecular flexibility index (Phi) is 6.93. The monoisotopic (exact) mass is 481 g/mol. The van der Waals surface area contributed by atoms with Gasteiger partial charge in [-0.05, 0) is 61.9 Å². The van der Waals surface area contributed by atoms with Gasteiger partial charge in [0.25, 0.3) is 11.7 Å². The number of aliphatic hydroxyl groups is 1. The fourth-order valence-corrected chi connectivity index (χ4v) is 4.13. The number of ether oxygens (including phenoxy) is 2. The van der Waals surface area contributed by atoms with E-state index in [9.17, 15) is 14.7 Å². The first-order valence-electron chi connectivity index (χ1n) is 10.9. The van der Waals surface area contributed by atoms with Crippen LogP contribution in [0.15, 0.2) is 70.9 Å². The lowest BCUT2D eigenvalue weighted by Gasteiger charge is -2.23. The normalized spacial score (nSPS) is 17.3. The molecular weight excluding hydrogens is 458 g/mol. The summed E-state index contributed by atoms with van der Waals surface area (Å²) in [5, 5.41) is 11.5. The predicted octanol–water partition coefficient (Wildman–Crippen LogP) is 5.35. The molecule has 0 bridgehead atoms. The van der Waals surface area contributed by atoms with Gasteiger partial charge < -0.3 is 23.9 Å². The van der Waals surface area contributed by atoms with Gasteiger partial charge >= 0.3 is 0 Å². The molecule has 1 saturated heterocycles. The van der Waals surface area contributed by atoms with Crippen molar-refractivity contribution in [2.24, 2.45) is 0 Å². The summed E-state index contributed by atoms with van der Waals surface area (Å²) in [6.45, 7) is 4.70. The Morgan fingerprint density at radius 3 is 2.56 bits per heavy atom. The summed E-state index contributed by atoms with van der Waals surface area (Å²) < 4.78 is 16.6. The molecule has 4 rings (SSSR count). The van der Waals surface area contributed by atoms with Crippen molar-refractivity contribution in [3.63, 3.8) is 0 Å². The third-order valence-electron chi connectivity index (χ3n) is 5.42. The number of benzene rings is 2. The average molecular weight is 482 g/mol. The Labute approximate surface area is 202 Å². The van der Waals surface area contributed by atoms with Gasteiger partial charge in [-0.15, -0.1) is 0 Å². The molecule has 2 heterocycles. The van der Waals surface area contributed by atoms with Crippen LogP contribution in [0.5, 0.6) is 11.5 Å². The molecule has 1 fully saturated rings. The summed E-state index contributed by atoms with van der Waals surface area (Å²) >= 11 is 6.17. The summed E-state index contributed by atoms with van der Waals surface area (Å²) in [5.74, 6) is -0.472. The number of hydrogen-bond donors (Lipinski definition) is 1. The number of carbonyl (C=O) groups excluding carboxylic acids is 2. The number of Topliss-reactive ketones (excluding diaryl/α,β-unsaturated/α-hetero) is 1. The number of aliphatic hydroxyl groups excluding tert-OH is 1. The Morgan fingerprint density at radius 1 is 1.06 bits per heavy atom. The van der Waals surface area contributed by atoms with Crippen molar-refractivity contribution in [1.29, 1.82) is 0 Å². The Bertz CT molecular complexity index is 1230. The molecule has 1 N–H and O–H groups in total. The molecule has 2 aromatic carbocycles. The number of nitrogens with zero attached hydrogens (tertiary/aromatic N) is 1. The number of ketones is 1. The van der Waals surface area contributed by atoms with E-state index in [4.69, 9.17) is 25.5 Å². The van der Waals surface area contributed by atoms with Crippen molar-refractivity contribution in [3.8, 4) is 11.5 Å². The van der Waals surface area contributed by atoms with Gasteiger partial charge in [0.2, 0.25) is 0 Å². The molecule has 0 spiro atoms. The third-order valence-corrected chi connectivity index (χ3v) is 5.73. The summed E-state index contributed by atoms with van der Waals surface area (Å²) in [5.41, 5.74) is 1.01. The summed E-state index contributed by atoms with van der Waals surface area (Å²) in [6, 6.07) is 14.4. The Hall–Kier alpha value is -3.71. The largest absolute Gasteiger partial charge is 0.507 e. The lowest BCUT2D eigenvalue weighted by Crippen LogP contribution is -2.29. The first-order valence-corrected chi connectivity index (χ1v) is 11.3. The molecule has 34 heavy (non-hydrogen) atoms. The number of rotatable bonds is 8. The fourth-order valence-electron chi connectivity index (χ4n) is 3.96. The molecule has 0 radical (unpaired) electrons. The number of amides is 1. The second kappa shape index (κ2) is 10.1. The van der Waals surface area contributed by atoms with Crippen molar-refractivity contribution in [2.45, 2.75) is 26.4 Å². The van der Waals surface area contributed by atoms with Crippen molar-refractivity contribution < 1.29 is 28.6 Å². The van der Waals surface area contributed by atoms with E-state index in [0.717, 1.165) is 5.56 Å². The van der Waals surface area contributed by atoms with Crippen LogP contribution >= 0.6 is 11.6 Å². The van der Waals surface area contributed by atoms with Crippen molar-refractivity contribution in [3.05, 3.63) is 88.3 Å². The molecule has 1 unspecified atom stereocenters. The maximum absolute atomic E-state index is 13.1. The van der Waals surface area contributed by atoms with Gasteiger partial charge in [0, 0.05) is 12.1 Å². The van der Waals surface area contributed by atoms with E-state index in [2.05, 4.69) is 0 Å². The van der Waals surface area contributed by atoms with Gasteiger partial charge in [0.1, 0.15) is 29.1 Å². The number of furan rings is 1. The number of carbonyl (C=O) groups is 2. The van der Waals surface area contributed by atoms with Crippen LogP contribution in [-0.4, -0.2) is 34.9 Å². The van der Waals surface area contributed by atoms with E-state index >= 15 is 0 Å². The van der Waals surface area contributed by atoms with Gasteiger partial charge in [0.05, 0.1) is 30.1 Å². The van der Waals surface area contributed by atoms with Crippen LogP contribution in [0.2, 0.25) is 5.02 Å². The van der Waals surface area contributed by atoms with Crippen molar-refractivity contribution >= 4 is 29.1 Å². The van der Waals surface area contributed by atoms with E-state index in [1.165, 1.54) is 11.2 Å². The maximum atomic E-state index is 13.1. The van der Waals surface area contributed by atoms with E-state index in [1.807, 2.05) is 38.1 Å². The second-order valence-electron chi connectivity index (χ2n) is 7.60. The van der Waals surface area contributed by atoms with Gasteiger partial charge in [-0.3, -0.25) is 9.59 Å². The zero-order chi connectivity index (χ0) is 24.2. The number of halogens is 1. The maximum Gasteiger partial charge on any atom is 0.296 e. The highest BCUT2D eigenvalue weighted by molar-refractivity contribution is 6.46. The van der Waals surface area contributed by atoms with Gasteiger partial charge in [-0.2, -0.15) is 0 Å². The number of likely N-dealkylation sites (tertiary alicyclic amines) is 1. The van der Waals surface area contributed by atoms with E-state index in [-0.39, 0.29) is 17.9 Å². The first-order chi connectivity index (χ1) is 16.4. The summed E-state index contributed by atoms with van der Waals surface area (Å²) in [4.78, 5) is 27.6. The lowest BCUT2D eigenvalue weighted by molar-refractivity contribution is -0.140. The van der Waals surface area contributed by atoms with E-state index < -0.39 is 17.7 Å². The topological polar surface area (TPSA) is 89.2 Å². The molecule has 0 aliphatic carbocycles. The smallest absolute Gasteiger partial charge is 0.296 e. The standard InChI is InChI=1S/C26H24ClNO6/c1-3-32-18-8-5-7-16(13-18)15-28-23(20-9-6-12-34-20)22(25(30)26(28)31)24(29)17-10-11-19(27)21(14-17)33-4-2/h5-14,23,29H,3-4,15H2,1-2H3/b24-22-. The SMILES string of the molecule is CCOc1cccc(CN2C(=O)C(=O)/C(=C(\O)c3ccc(Cl)c(OCC)c3)C2c2ccco2)c1. The summed E-state index contributed by atoms with van der Waals surface area (Å²) in [6.07, 6.45) is 1.46. The van der Waals surface area contributed by atoms with Gasteiger partial charge in [-0.1, -0.05) is 23.7 Å². The zero-order valence-corrected chi connectivity index (χ0v) is 19.5. The molecule has 7 nitrogen and oxygen atoms in total. The first kappa shape index (κ1) is 23.4. The minimum absolute atomic E-state index is 0.0642. The predicted molar refractivity (Wildman–Crippen MR) is 127 cm³/mol.